The van der Waals surface area contributed by atoms with Crippen LogP contribution in [0.1, 0.15) is 24.8 Å². The number of piperidine rings is 1. The largest absolute Gasteiger partial charge is 0.496 e. The topological polar surface area (TPSA) is 60.2 Å². The van der Waals surface area contributed by atoms with Gasteiger partial charge in [0, 0.05) is 18.2 Å². The van der Waals surface area contributed by atoms with E-state index in [1.54, 1.807) is 13.3 Å². The fraction of sp³-hybridized carbons (Fsp3) is 0.318. The Kier molecular flexibility index (Phi) is 5.37. The Morgan fingerprint density at radius 2 is 1.89 bits per heavy atom. The molecule has 1 amide bonds. The minimum Gasteiger partial charge on any atom is -0.496 e. The van der Waals surface area contributed by atoms with E-state index in [0.29, 0.717) is 11.4 Å². The molecule has 6 nitrogen and oxygen atoms in total. The van der Waals surface area contributed by atoms with E-state index in [1.165, 1.54) is 10.2 Å². The van der Waals surface area contributed by atoms with Crippen LogP contribution >= 0.6 is 0 Å². The Bertz CT molecular complexity index is 938. The molecule has 1 unspecified atom stereocenters. The van der Waals surface area contributed by atoms with Gasteiger partial charge in [0.15, 0.2) is 0 Å². The van der Waals surface area contributed by atoms with Crippen LogP contribution in [0.3, 0.4) is 0 Å². The molecule has 1 fully saturated rings. The summed E-state index contributed by atoms with van der Waals surface area (Å²) < 4.78 is 6.75. The monoisotopic (exact) mass is 376 g/mol. The summed E-state index contributed by atoms with van der Waals surface area (Å²) in [6, 6.07) is 18.0. The van der Waals surface area contributed by atoms with Gasteiger partial charge in [-0.15, -0.1) is 5.10 Å². The summed E-state index contributed by atoms with van der Waals surface area (Å²) in [7, 11) is 1.62. The van der Waals surface area contributed by atoms with E-state index in [4.69, 9.17) is 4.74 Å². The average Bonchev–Trinajstić information content (AvgIpc) is 3.24. The molecule has 1 saturated heterocycles. The van der Waals surface area contributed by atoms with Crippen LogP contribution in [0.4, 0.5) is 4.79 Å². The van der Waals surface area contributed by atoms with Gasteiger partial charge in [0.1, 0.15) is 11.4 Å². The molecule has 1 aromatic heterocycles. The Balaban J connectivity index is 1.55. The van der Waals surface area contributed by atoms with Crippen LogP contribution in [0.15, 0.2) is 60.8 Å². The van der Waals surface area contributed by atoms with Gasteiger partial charge in [0.05, 0.1) is 13.3 Å². The third kappa shape index (κ3) is 3.76. The Hall–Kier alpha value is -3.15. The summed E-state index contributed by atoms with van der Waals surface area (Å²) in [6.07, 6.45) is 5.72. The van der Waals surface area contributed by atoms with E-state index in [0.717, 1.165) is 37.8 Å². The Morgan fingerprint density at radius 3 is 2.71 bits per heavy atom. The molecule has 0 spiro atoms. The number of hydrogen-bond acceptors (Lipinski definition) is 4. The second-order valence-corrected chi connectivity index (χ2v) is 7.06. The summed E-state index contributed by atoms with van der Waals surface area (Å²) >= 11 is 0. The molecule has 1 atom stereocenters. The van der Waals surface area contributed by atoms with Crippen molar-refractivity contribution in [3.63, 3.8) is 0 Å². The lowest BCUT2D eigenvalue weighted by Gasteiger charge is -2.35. The maximum absolute atomic E-state index is 13.2. The molecule has 6 heteroatoms. The van der Waals surface area contributed by atoms with Crippen molar-refractivity contribution < 1.29 is 9.53 Å². The molecule has 0 saturated carbocycles. The van der Waals surface area contributed by atoms with Crippen molar-refractivity contribution in [2.24, 2.45) is 0 Å². The number of benzene rings is 2. The van der Waals surface area contributed by atoms with Crippen molar-refractivity contribution in [3.05, 3.63) is 66.4 Å². The standard InChI is InChI=1S/C22H24N4O2/c1-28-21-13-6-5-12-19(21)20-16-26(24-23-20)22(27)25-14-8-7-11-18(25)15-17-9-3-2-4-10-17/h2-6,9-10,12-13,16,18H,7-8,11,14-15H2,1H3. The molecule has 4 rings (SSSR count). The third-order valence-corrected chi connectivity index (χ3v) is 5.26. The lowest BCUT2D eigenvalue weighted by atomic mass is 9.96. The first kappa shape index (κ1) is 18.2. The number of amides is 1. The zero-order chi connectivity index (χ0) is 19.3. The van der Waals surface area contributed by atoms with Crippen molar-refractivity contribution in [3.8, 4) is 17.0 Å². The second kappa shape index (κ2) is 8.25. The summed E-state index contributed by atoms with van der Waals surface area (Å²) in [5.41, 5.74) is 2.70. The number of likely N-dealkylation sites (tertiary alicyclic amines) is 1. The van der Waals surface area contributed by atoms with E-state index in [1.807, 2.05) is 47.4 Å². The van der Waals surface area contributed by atoms with Gasteiger partial charge in [-0.2, -0.15) is 4.68 Å². The van der Waals surface area contributed by atoms with Crippen molar-refractivity contribution in [2.45, 2.75) is 31.7 Å². The number of carbonyl (C=O) groups is 1. The normalized spacial score (nSPS) is 16.8. The quantitative estimate of drug-likeness (QED) is 0.690. The molecule has 0 N–H and O–H groups in total. The maximum atomic E-state index is 13.2. The number of para-hydroxylation sites is 1. The minimum atomic E-state index is -0.116. The molecular weight excluding hydrogens is 352 g/mol. The van der Waals surface area contributed by atoms with Crippen LogP contribution in [0.2, 0.25) is 0 Å². The lowest BCUT2D eigenvalue weighted by Crippen LogP contribution is -2.46. The summed E-state index contributed by atoms with van der Waals surface area (Å²) in [4.78, 5) is 15.1. The zero-order valence-corrected chi connectivity index (χ0v) is 16.0. The van der Waals surface area contributed by atoms with Gasteiger partial charge in [-0.25, -0.2) is 4.79 Å². The predicted molar refractivity (Wildman–Crippen MR) is 107 cm³/mol. The number of carbonyl (C=O) groups excluding carboxylic acids is 1. The van der Waals surface area contributed by atoms with Gasteiger partial charge in [0.25, 0.3) is 0 Å². The lowest BCUT2D eigenvalue weighted by molar-refractivity contribution is 0.149. The van der Waals surface area contributed by atoms with Crippen molar-refractivity contribution in [1.82, 2.24) is 19.9 Å². The fourth-order valence-electron chi connectivity index (χ4n) is 3.82. The smallest absolute Gasteiger partial charge is 0.346 e. The Morgan fingerprint density at radius 1 is 1.11 bits per heavy atom. The second-order valence-electron chi connectivity index (χ2n) is 7.06. The van der Waals surface area contributed by atoms with Gasteiger partial charge >= 0.3 is 6.03 Å². The number of methoxy groups -OCH3 is 1. The van der Waals surface area contributed by atoms with Crippen molar-refractivity contribution in [2.75, 3.05) is 13.7 Å². The first-order valence-corrected chi connectivity index (χ1v) is 9.67. The zero-order valence-electron chi connectivity index (χ0n) is 16.0. The van der Waals surface area contributed by atoms with E-state index >= 15 is 0 Å². The van der Waals surface area contributed by atoms with Gasteiger partial charge in [0.2, 0.25) is 0 Å². The first-order chi connectivity index (χ1) is 13.8. The van der Waals surface area contributed by atoms with Crippen LogP contribution in [-0.4, -0.2) is 45.6 Å². The van der Waals surface area contributed by atoms with Crippen LogP contribution in [0.25, 0.3) is 11.3 Å². The molecule has 144 valence electrons. The number of nitrogens with zero attached hydrogens (tertiary/aromatic N) is 4. The molecular formula is C22H24N4O2. The summed E-state index contributed by atoms with van der Waals surface area (Å²) in [6.45, 7) is 0.750. The highest BCUT2D eigenvalue weighted by molar-refractivity contribution is 5.78. The molecule has 28 heavy (non-hydrogen) atoms. The highest BCUT2D eigenvalue weighted by atomic mass is 16.5. The Labute approximate surface area is 164 Å². The molecule has 2 heterocycles. The van der Waals surface area contributed by atoms with Crippen molar-refractivity contribution in [1.29, 1.82) is 0 Å². The average molecular weight is 376 g/mol. The van der Waals surface area contributed by atoms with Crippen LogP contribution < -0.4 is 4.74 Å². The molecule has 0 aliphatic carbocycles. The van der Waals surface area contributed by atoms with Gasteiger partial charge < -0.3 is 9.64 Å². The van der Waals surface area contributed by atoms with Gasteiger partial charge in [-0.3, -0.25) is 0 Å². The third-order valence-electron chi connectivity index (χ3n) is 5.26. The van der Waals surface area contributed by atoms with Gasteiger partial charge in [-0.1, -0.05) is 47.7 Å². The van der Waals surface area contributed by atoms with E-state index in [2.05, 4.69) is 22.4 Å². The van der Waals surface area contributed by atoms with E-state index in [-0.39, 0.29) is 12.1 Å². The molecule has 2 aromatic carbocycles. The predicted octanol–water partition coefficient (Wildman–Crippen LogP) is 4.02. The number of hydrogen-bond donors (Lipinski definition) is 0. The SMILES string of the molecule is COc1ccccc1-c1cn(C(=O)N2CCCCC2Cc2ccccc2)nn1. The van der Waals surface area contributed by atoms with Crippen molar-refractivity contribution >= 4 is 6.03 Å². The summed E-state index contributed by atoms with van der Waals surface area (Å²) in [5.74, 6) is 0.710. The highest BCUT2D eigenvalue weighted by Crippen LogP contribution is 2.28. The molecule has 0 radical (unpaired) electrons. The van der Waals surface area contributed by atoms with Crippen LogP contribution in [-0.2, 0) is 6.42 Å². The van der Waals surface area contributed by atoms with E-state index < -0.39 is 0 Å². The number of aromatic nitrogens is 3. The number of rotatable bonds is 4. The first-order valence-electron chi connectivity index (χ1n) is 9.67. The van der Waals surface area contributed by atoms with Crippen LogP contribution in [0.5, 0.6) is 5.75 Å². The fourth-order valence-corrected chi connectivity index (χ4v) is 3.82. The molecule has 1 aliphatic rings. The molecule has 1 aliphatic heterocycles. The van der Waals surface area contributed by atoms with Crippen LogP contribution in [0, 0.1) is 0 Å². The number of ether oxygens (including phenoxy) is 1. The summed E-state index contributed by atoms with van der Waals surface area (Å²) in [5, 5.41) is 8.31. The van der Waals surface area contributed by atoms with Gasteiger partial charge in [-0.05, 0) is 43.4 Å². The highest BCUT2D eigenvalue weighted by Gasteiger charge is 2.28. The molecule has 0 bridgehead atoms. The minimum absolute atomic E-state index is 0.116. The maximum Gasteiger partial charge on any atom is 0.346 e. The molecule has 3 aromatic rings. The van der Waals surface area contributed by atoms with E-state index in [9.17, 15) is 4.79 Å².